The second-order valence-corrected chi connectivity index (χ2v) is 6.15. The molecule has 1 saturated carbocycles. The highest BCUT2D eigenvalue weighted by Gasteiger charge is 2.47. The van der Waals surface area contributed by atoms with Gasteiger partial charge in [0.15, 0.2) is 0 Å². The molecule has 2 aromatic heterocycles. The maximum Gasteiger partial charge on any atom is 0.416 e. The van der Waals surface area contributed by atoms with Gasteiger partial charge in [0.2, 0.25) is 0 Å². The van der Waals surface area contributed by atoms with E-state index in [-0.39, 0.29) is 5.56 Å². The summed E-state index contributed by atoms with van der Waals surface area (Å²) >= 11 is 0. The number of aryl methyl sites for hydroxylation is 1. The second kappa shape index (κ2) is 5.14. The van der Waals surface area contributed by atoms with Crippen molar-refractivity contribution in [3.05, 3.63) is 53.2 Å². The zero-order valence-electron chi connectivity index (χ0n) is 13.1. The Balaban J connectivity index is 1.72. The quantitative estimate of drug-likeness (QED) is 0.731. The molecule has 1 aliphatic carbocycles. The molecule has 3 aromatic rings. The van der Waals surface area contributed by atoms with Gasteiger partial charge in [-0.05, 0) is 31.9 Å². The van der Waals surface area contributed by atoms with Crippen LogP contribution in [-0.4, -0.2) is 19.6 Å². The number of halogens is 4. The molecule has 130 valence electrons. The average molecular weight is 351 g/mol. The van der Waals surface area contributed by atoms with Gasteiger partial charge in [-0.2, -0.15) is 27.8 Å². The van der Waals surface area contributed by atoms with Gasteiger partial charge in [-0.1, -0.05) is 6.07 Å². The number of alkyl halides is 3. The third-order valence-electron chi connectivity index (χ3n) is 4.31. The molecule has 4 rings (SSSR count). The molecule has 0 atom stereocenters. The Labute approximate surface area is 139 Å². The van der Waals surface area contributed by atoms with Crippen molar-refractivity contribution in [1.82, 2.24) is 19.6 Å². The summed E-state index contributed by atoms with van der Waals surface area (Å²) in [5, 5.41) is 7.29. The van der Waals surface area contributed by atoms with Crippen LogP contribution < -0.4 is 5.32 Å². The van der Waals surface area contributed by atoms with E-state index < -0.39 is 23.1 Å². The second-order valence-electron chi connectivity index (χ2n) is 6.15. The number of fused-ring (bicyclic) bond motifs is 1. The molecule has 2 heterocycles. The zero-order valence-corrected chi connectivity index (χ0v) is 13.1. The lowest BCUT2D eigenvalue weighted by Gasteiger charge is -2.21. The lowest BCUT2D eigenvalue weighted by molar-refractivity contribution is -0.137. The topological polar surface area (TPSA) is 55.1 Å². The maximum atomic E-state index is 14.4. The van der Waals surface area contributed by atoms with E-state index in [9.17, 15) is 17.6 Å². The first kappa shape index (κ1) is 15.8. The summed E-state index contributed by atoms with van der Waals surface area (Å²) in [4.78, 5) is 8.25. The fraction of sp³-hybridized carbons (Fsp3) is 0.312. The minimum atomic E-state index is -4.57. The van der Waals surface area contributed by atoms with Crippen LogP contribution in [0.15, 0.2) is 30.6 Å². The fourth-order valence-electron chi connectivity index (χ4n) is 2.93. The molecular formula is C16H13F4N5. The molecule has 0 spiro atoms. The van der Waals surface area contributed by atoms with E-state index in [0.29, 0.717) is 36.2 Å². The van der Waals surface area contributed by atoms with Gasteiger partial charge in [-0.15, -0.1) is 0 Å². The molecule has 0 saturated heterocycles. The van der Waals surface area contributed by atoms with Crippen LogP contribution in [0.4, 0.5) is 23.4 Å². The largest absolute Gasteiger partial charge is 0.416 e. The van der Waals surface area contributed by atoms with Crippen molar-refractivity contribution in [2.24, 2.45) is 0 Å². The molecular weight excluding hydrogens is 338 g/mol. The summed E-state index contributed by atoms with van der Waals surface area (Å²) in [7, 11) is 0. The highest BCUT2D eigenvalue weighted by atomic mass is 19.4. The van der Waals surface area contributed by atoms with Gasteiger partial charge in [0.25, 0.3) is 5.78 Å². The predicted molar refractivity (Wildman–Crippen MR) is 81.5 cm³/mol. The highest BCUT2D eigenvalue weighted by molar-refractivity contribution is 5.51. The number of aromatic nitrogens is 4. The first-order chi connectivity index (χ1) is 11.8. The molecule has 1 aromatic carbocycles. The van der Waals surface area contributed by atoms with Gasteiger partial charge in [0.05, 0.1) is 11.1 Å². The standard InChI is InChI=1S/C16H13F4N5/c1-9-6-13(25-14(23-9)21-8-22-25)24-15(4-5-15)11-3-2-10(7-12(11)17)16(18,19)20/h2-3,6-8,24H,4-5H2,1H3. The van der Waals surface area contributed by atoms with Crippen LogP contribution in [0.1, 0.15) is 29.7 Å². The molecule has 0 amide bonds. The Kier molecular flexibility index (Phi) is 3.25. The third-order valence-corrected chi connectivity index (χ3v) is 4.31. The van der Waals surface area contributed by atoms with E-state index in [4.69, 9.17) is 0 Å². The molecule has 1 fully saturated rings. The van der Waals surface area contributed by atoms with Crippen LogP contribution in [0.5, 0.6) is 0 Å². The van der Waals surface area contributed by atoms with Crippen LogP contribution in [-0.2, 0) is 11.7 Å². The van der Waals surface area contributed by atoms with Gasteiger partial charge >= 0.3 is 6.18 Å². The smallest absolute Gasteiger partial charge is 0.360 e. The summed E-state index contributed by atoms with van der Waals surface area (Å²) in [6.45, 7) is 1.79. The van der Waals surface area contributed by atoms with Crippen molar-refractivity contribution in [2.75, 3.05) is 5.32 Å². The molecule has 1 N–H and O–H groups in total. The van der Waals surface area contributed by atoms with Crippen LogP contribution in [0.25, 0.3) is 5.78 Å². The lowest BCUT2D eigenvalue weighted by Crippen LogP contribution is -2.23. The van der Waals surface area contributed by atoms with Crippen LogP contribution in [0.2, 0.25) is 0 Å². The van der Waals surface area contributed by atoms with Crippen molar-refractivity contribution < 1.29 is 17.6 Å². The highest BCUT2D eigenvalue weighted by Crippen LogP contribution is 2.49. The number of hydrogen-bond donors (Lipinski definition) is 1. The summed E-state index contributed by atoms with van der Waals surface area (Å²) < 4.78 is 54.0. The lowest BCUT2D eigenvalue weighted by atomic mass is 10.0. The molecule has 9 heteroatoms. The number of nitrogens with zero attached hydrogens (tertiary/aromatic N) is 4. The summed E-state index contributed by atoms with van der Waals surface area (Å²) in [5.74, 6) is 0.0865. The van der Waals surface area contributed by atoms with E-state index in [1.165, 1.54) is 16.9 Å². The maximum absolute atomic E-state index is 14.4. The molecule has 0 unspecified atom stereocenters. The number of benzene rings is 1. The summed E-state index contributed by atoms with van der Waals surface area (Å²) in [5.41, 5.74) is -0.834. The monoisotopic (exact) mass is 351 g/mol. The Morgan fingerprint density at radius 3 is 2.60 bits per heavy atom. The molecule has 0 aliphatic heterocycles. The number of nitrogens with one attached hydrogen (secondary N) is 1. The van der Waals surface area contributed by atoms with Crippen LogP contribution >= 0.6 is 0 Å². The van der Waals surface area contributed by atoms with Crippen molar-refractivity contribution in [2.45, 2.75) is 31.5 Å². The van der Waals surface area contributed by atoms with Crippen molar-refractivity contribution in [3.8, 4) is 0 Å². The van der Waals surface area contributed by atoms with E-state index in [1.807, 2.05) is 0 Å². The van der Waals surface area contributed by atoms with Crippen LogP contribution in [0.3, 0.4) is 0 Å². The van der Waals surface area contributed by atoms with E-state index >= 15 is 0 Å². The minimum Gasteiger partial charge on any atom is -0.360 e. The minimum absolute atomic E-state index is 0.211. The first-order valence-electron chi connectivity index (χ1n) is 7.61. The average Bonchev–Trinajstić information content (AvgIpc) is 3.13. The number of anilines is 1. The Morgan fingerprint density at radius 1 is 1.20 bits per heavy atom. The Hall–Kier alpha value is -2.71. The first-order valence-corrected chi connectivity index (χ1v) is 7.61. The van der Waals surface area contributed by atoms with Crippen LogP contribution in [0, 0.1) is 12.7 Å². The zero-order chi connectivity index (χ0) is 17.8. The Morgan fingerprint density at radius 2 is 1.96 bits per heavy atom. The van der Waals surface area contributed by atoms with Crippen molar-refractivity contribution >= 4 is 11.6 Å². The molecule has 0 bridgehead atoms. The summed E-state index contributed by atoms with van der Waals surface area (Å²) in [6.07, 6.45) is -2.01. The SMILES string of the molecule is Cc1cc(NC2(c3ccc(C(F)(F)F)cc3F)CC2)n2ncnc2n1. The molecule has 5 nitrogen and oxygen atoms in total. The fourth-order valence-corrected chi connectivity index (χ4v) is 2.93. The van der Waals surface area contributed by atoms with Gasteiger partial charge in [-0.3, -0.25) is 0 Å². The molecule has 1 aliphatic rings. The van der Waals surface area contributed by atoms with E-state index in [2.05, 4.69) is 20.4 Å². The third kappa shape index (κ3) is 2.69. The Bertz CT molecular complexity index is 959. The van der Waals surface area contributed by atoms with E-state index in [0.717, 1.165) is 6.07 Å². The van der Waals surface area contributed by atoms with Gasteiger partial charge in [0, 0.05) is 17.3 Å². The number of hydrogen-bond acceptors (Lipinski definition) is 4. The van der Waals surface area contributed by atoms with Gasteiger partial charge < -0.3 is 5.32 Å². The molecule has 0 radical (unpaired) electrons. The van der Waals surface area contributed by atoms with Crippen molar-refractivity contribution in [3.63, 3.8) is 0 Å². The molecule has 25 heavy (non-hydrogen) atoms. The number of rotatable bonds is 3. The predicted octanol–water partition coefficient (Wildman–Crippen LogP) is 3.69. The van der Waals surface area contributed by atoms with E-state index in [1.54, 1.807) is 13.0 Å². The van der Waals surface area contributed by atoms with Crippen molar-refractivity contribution in [1.29, 1.82) is 0 Å². The summed E-state index contributed by atoms with van der Waals surface area (Å²) in [6, 6.07) is 4.39. The van der Waals surface area contributed by atoms with Gasteiger partial charge in [-0.25, -0.2) is 9.37 Å². The normalized spacial score (nSPS) is 16.2. The van der Waals surface area contributed by atoms with Gasteiger partial charge in [0.1, 0.15) is 18.0 Å².